The number of nitrogens with two attached hydrogens (primary N) is 2. The summed E-state index contributed by atoms with van der Waals surface area (Å²) in [5, 5.41) is 3.26. The van der Waals surface area contributed by atoms with Gasteiger partial charge in [0.15, 0.2) is 0 Å². The quantitative estimate of drug-likeness (QED) is 0.525. The van der Waals surface area contributed by atoms with Crippen LogP contribution in [0.3, 0.4) is 0 Å². The fourth-order valence-electron chi connectivity index (χ4n) is 1.60. The van der Waals surface area contributed by atoms with E-state index in [9.17, 15) is 4.79 Å². The monoisotopic (exact) mass is 171 g/mol. The molecule has 1 amide bonds. The lowest BCUT2D eigenvalue weighted by Gasteiger charge is -2.10. The molecule has 1 aliphatic carbocycles. The lowest BCUT2D eigenvalue weighted by atomic mass is 10.2. The van der Waals surface area contributed by atoms with E-state index >= 15 is 0 Å². The summed E-state index contributed by atoms with van der Waals surface area (Å²) in [4.78, 5) is 10.4. The van der Waals surface area contributed by atoms with Crippen LogP contribution in [0.1, 0.15) is 25.7 Å². The average molecular weight is 171 g/mol. The minimum absolute atomic E-state index is 0.246. The molecule has 1 rings (SSSR count). The minimum atomic E-state index is -0.246. The van der Waals surface area contributed by atoms with Gasteiger partial charge in [-0.1, -0.05) is 0 Å². The van der Waals surface area contributed by atoms with E-state index in [-0.39, 0.29) is 5.91 Å². The van der Waals surface area contributed by atoms with E-state index in [0.29, 0.717) is 25.0 Å². The molecule has 1 aliphatic rings. The van der Waals surface area contributed by atoms with Crippen molar-refractivity contribution in [2.45, 2.75) is 37.8 Å². The van der Waals surface area contributed by atoms with Gasteiger partial charge in [-0.2, -0.15) is 0 Å². The van der Waals surface area contributed by atoms with Crippen LogP contribution in [0.5, 0.6) is 0 Å². The van der Waals surface area contributed by atoms with E-state index < -0.39 is 0 Å². The van der Waals surface area contributed by atoms with Crippen LogP contribution in [-0.2, 0) is 4.79 Å². The number of hydrogen-bond acceptors (Lipinski definition) is 3. The standard InChI is InChI=1S/C8H17N3O/c9-6-1-2-7(5-6)11-4-3-8(10)12/h6-7,11H,1-5,9H2,(H2,10,12). The zero-order valence-electron chi connectivity index (χ0n) is 7.25. The molecule has 0 radical (unpaired) electrons. The lowest BCUT2D eigenvalue weighted by Crippen LogP contribution is -2.31. The number of primary amides is 1. The molecule has 0 spiro atoms. The molecule has 0 saturated heterocycles. The van der Waals surface area contributed by atoms with Gasteiger partial charge in [-0.15, -0.1) is 0 Å². The minimum Gasteiger partial charge on any atom is -0.370 e. The summed E-state index contributed by atoms with van der Waals surface area (Å²) in [7, 11) is 0. The van der Waals surface area contributed by atoms with Crippen molar-refractivity contribution in [3.05, 3.63) is 0 Å². The molecule has 12 heavy (non-hydrogen) atoms. The molecular formula is C8H17N3O. The van der Waals surface area contributed by atoms with Gasteiger partial charge in [0.25, 0.3) is 0 Å². The van der Waals surface area contributed by atoms with E-state index in [0.717, 1.165) is 19.3 Å². The van der Waals surface area contributed by atoms with Crippen LogP contribution in [0.25, 0.3) is 0 Å². The molecule has 4 heteroatoms. The van der Waals surface area contributed by atoms with Crippen molar-refractivity contribution >= 4 is 5.91 Å². The van der Waals surface area contributed by atoms with Gasteiger partial charge in [-0.25, -0.2) is 0 Å². The first-order chi connectivity index (χ1) is 5.68. The molecule has 0 heterocycles. The van der Waals surface area contributed by atoms with E-state index in [1.54, 1.807) is 0 Å². The number of amides is 1. The Morgan fingerprint density at radius 2 is 2.25 bits per heavy atom. The Morgan fingerprint density at radius 3 is 2.75 bits per heavy atom. The van der Waals surface area contributed by atoms with Gasteiger partial charge in [-0.3, -0.25) is 4.79 Å². The van der Waals surface area contributed by atoms with Gasteiger partial charge in [0.1, 0.15) is 0 Å². The Bertz CT molecular complexity index is 160. The van der Waals surface area contributed by atoms with Crippen LogP contribution in [0.4, 0.5) is 0 Å². The third kappa shape index (κ3) is 3.19. The summed E-state index contributed by atoms with van der Waals surface area (Å²) < 4.78 is 0. The molecule has 0 aliphatic heterocycles. The molecule has 70 valence electrons. The summed E-state index contributed by atoms with van der Waals surface area (Å²) in [6.45, 7) is 0.687. The third-order valence-electron chi connectivity index (χ3n) is 2.28. The van der Waals surface area contributed by atoms with Crippen LogP contribution in [0.2, 0.25) is 0 Å². The molecule has 5 N–H and O–H groups in total. The first-order valence-corrected chi connectivity index (χ1v) is 4.45. The molecule has 1 saturated carbocycles. The number of rotatable bonds is 4. The van der Waals surface area contributed by atoms with Crippen molar-refractivity contribution in [2.24, 2.45) is 11.5 Å². The predicted molar refractivity (Wildman–Crippen MR) is 47.4 cm³/mol. The molecule has 2 atom stereocenters. The molecule has 0 aromatic heterocycles. The Labute approximate surface area is 72.7 Å². The molecular weight excluding hydrogens is 154 g/mol. The molecule has 0 aromatic rings. The van der Waals surface area contributed by atoms with E-state index in [1.807, 2.05) is 0 Å². The van der Waals surface area contributed by atoms with Crippen LogP contribution in [0.15, 0.2) is 0 Å². The average Bonchev–Trinajstić information content (AvgIpc) is 2.35. The van der Waals surface area contributed by atoms with Crippen molar-refractivity contribution in [1.82, 2.24) is 5.32 Å². The molecule has 2 unspecified atom stereocenters. The first-order valence-electron chi connectivity index (χ1n) is 4.45. The highest BCUT2D eigenvalue weighted by Crippen LogP contribution is 2.16. The van der Waals surface area contributed by atoms with E-state index in [4.69, 9.17) is 11.5 Å². The van der Waals surface area contributed by atoms with Crippen molar-refractivity contribution in [1.29, 1.82) is 0 Å². The van der Waals surface area contributed by atoms with Gasteiger partial charge < -0.3 is 16.8 Å². The fourth-order valence-corrected chi connectivity index (χ4v) is 1.60. The highest BCUT2D eigenvalue weighted by atomic mass is 16.1. The van der Waals surface area contributed by atoms with E-state index in [1.165, 1.54) is 0 Å². The van der Waals surface area contributed by atoms with Gasteiger partial charge in [-0.05, 0) is 19.3 Å². The molecule has 4 nitrogen and oxygen atoms in total. The van der Waals surface area contributed by atoms with Crippen molar-refractivity contribution in [3.63, 3.8) is 0 Å². The maximum Gasteiger partial charge on any atom is 0.218 e. The number of carbonyl (C=O) groups is 1. The second-order valence-corrected chi connectivity index (χ2v) is 3.44. The largest absolute Gasteiger partial charge is 0.370 e. The summed E-state index contributed by atoms with van der Waals surface area (Å²) in [6.07, 6.45) is 3.67. The Morgan fingerprint density at radius 1 is 1.50 bits per heavy atom. The van der Waals surface area contributed by atoms with Gasteiger partial charge in [0.05, 0.1) is 0 Å². The number of nitrogens with one attached hydrogen (secondary N) is 1. The lowest BCUT2D eigenvalue weighted by molar-refractivity contribution is -0.117. The summed E-state index contributed by atoms with van der Waals surface area (Å²) in [6, 6.07) is 0.843. The van der Waals surface area contributed by atoms with Crippen molar-refractivity contribution < 1.29 is 4.79 Å². The molecule has 1 fully saturated rings. The summed E-state index contributed by atoms with van der Waals surface area (Å²) in [5.74, 6) is -0.246. The second kappa shape index (κ2) is 4.42. The first kappa shape index (κ1) is 9.48. The van der Waals surface area contributed by atoms with Crippen molar-refractivity contribution in [3.8, 4) is 0 Å². The van der Waals surface area contributed by atoms with Crippen molar-refractivity contribution in [2.75, 3.05) is 6.54 Å². The third-order valence-corrected chi connectivity index (χ3v) is 2.28. The summed E-state index contributed by atoms with van der Waals surface area (Å²) in [5.41, 5.74) is 10.7. The fraction of sp³-hybridized carbons (Fsp3) is 0.875. The second-order valence-electron chi connectivity index (χ2n) is 3.44. The Hall–Kier alpha value is -0.610. The highest BCUT2D eigenvalue weighted by molar-refractivity contribution is 5.73. The number of hydrogen-bond donors (Lipinski definition) is 3. The Balaban J connectivity index is 2.04. The SMILES string of the molecule is NC(=O)CCNC1CCC(N)C1. The van der Waals surface area contributed by atoms with Gasteiger partial charge in [0.2, 0.25) is 5.91 Å². The zero-order chi connectivity index (χ0) is 8.97. The molecule has 0 aromatic carbocycles. The normalized spacial score (nSPS) is 29.1. The maximum atomic E-state index is 10.4. The van der Waals surface area contributed by atoms with Crippen LogP contribution in [0, 0.1) is 0 Å². The number of carbonyl (C=O) groups excluding carboxylic acids is 1. The summed E-state index contributed by atoms with van der Waals surface area (Å²) >= 11 is 0. The maximum absolute atomic E-state index is 10.4. The van der Waals surface area contributed by atoms with Crippen LogP contribution in [-0.4, -0.2) is 24.5 Å². The zero-order valence-corrected chi connectivity index (χ0v) is 7.25. The predicted octanol–water partition coefficient (Wildman–Crippen LogP) is -0.669. The smallest absolute Gasteiger partial charge is 0.218 e. The molecule has 0 bridgehead atoms. The highest BCUT2D eigenvalue weighted by Gasteiger charge is 2.20. The van der Waals surface area contributed by atoms with Gasteiger partial charge >= 0.3 is 0 Å². The van der Waals surface area contributed by atoms with E-state index in [2.05, 4.69) is 5.32 Å². The topological polar surface area (TPSA) is 81.1 Å². The van der Waals surface area contributed by atoms with Crippen LogP contribution < -0.4 is 16.8 Å². The van der Waals surface area contributed by atoms with Gasteiger partial charge in [0, 0.05) is 25.0 Å². The van der Waals surface area contributed by atoms with Crippen LogP contribution >= 0.6 is 0 Å². The Kier molecular flexibility index (Phi) is 3.49.